The van der Waals surface area contributed by atoms with Crippen LogP contribution in [0.3, 0.4) is 0 Å². The van der Waals surface area contributed by atoms with Crippen molar-refractivity contribution in [1.82, 2.24) is 4.90 Å². The number of rotatable bonds is 12. The van der Waals surface area contributed by atoms with Crippen LogP contribution < -0.4 is 0 Å². The third-order valence-corrected chi connectivity index (χ3v) is 4.27. The first-order chi connectivity index (χ1) is 11.2. The van der Waals surface area contributed by atoms with Crippen LogP contribution in [0, 0.1) is 0 Å². The highest BCUT2D eigenvalue weighted by Gasteiger charge is 2.09. The maximum atomic E-state index is 11.0. The molecule has 0 N–H and O–H groups in total. The lowest BCUT2D eigenvalue weighted by Crippen LogP contribution is -2.27. The van der Waals surface area contributed by atoms with Crippen LogP contribution in [-0.4, -0.2) is 60.6 Å². The van der Waals surface area contributed by atoms with E-state index in [0.29, 0.717) is 32.5 Å². The van der Waals surface area contributed by atoms with Gasteiger partial charge in [0.2, 0.25) is 0 Å². The molecule has 0 saturated heterocycles. The van der Waals surface area contributed by atoms with Crippen LogP contribution in [0.4, 0.5) is 0 Å². The molecule has 0 fully saturated rings. The topological polar surface area (TPSA) is 90.0 Å². The molecule has 0 aliphatic rings. The Labute approximate surface area is 144 Å². The van der Waals surface area contributed by atoms with E-state index in [0.717, 1.165) is 18.1 Å². The molecule has 0 aliphatic heterocycles. The molecule has 9 heteroatoms. The van der Waals surface area contributed by atoms with E-state index in [9.17, 15) is 16.8 Å². The third-order valence-electron chi connectivity index (χ3n) is 3.08. The van der Waals surface area contributed by atoms with Gasteiger partial charge in [-0.3, -0.25) is 13.3 Å². The molecule has 1 aromatic rings. The molecule has 0 aliphatic carbocycles. The van der Waals surface area contributed by atoms with Crippen LogP contribution in [0.5, 0.6) is 0 Å². The minimum Gasteiger partial charge on any atom is -0.299 e. The Morgan fingerprint density at radius 3 is 1.71 bits per heavy atom. The molecule has 0 bridgehead atoms. The second-order valence-electron chi connectivity index (χ2n) is 5.52. The summed E-state index contributed by atoms with van der Waals surface area (Å²) in [5.74, 6) is 0. The molecular weight excluding hydrogens is 354 g/mol. The smallest absolute Gasteiger partial charge is 0.264 e. The van der Waals surface area contributed by atoms with Crippen molar-refractivity contribution in [3.05, 3.63) is 35.9 Å². The molecule has 0 saturated carbocycles. The second kappa shape index (κ2) is 10.1. The second-order valence-corrected chi connectivity index (χ2v) is 8.81. The van der Waals surface area contributed by atoms with E-state index in [1.54, 1.807) is 0 Å². The van der Waals surface area contributed by atoms with Crippen molar-refractivity contribution < 1.29 is 25.2 Å². The van der Waals surface area contributed by atoms with Gasteiger partial charge in [-0.05, 0) is 18.4 Å². The SMILES string of the molecule is CS(=O)(=O)OCCCN(CCCOS(C)(=O)=O)Cc1ccccc1. The quantitative estimate of drug-likeness (QED) is 0.398. The van der Waals surface area contributed by atoms with Gasteiger partial charge < -0.3 is 0 Å². The first-order valence-electron chi connectivity index (χ1n) is 7.61. The molecule has 0 heterocycles. The zero-order valence-electron chi connectivity index (χ0n) is 14.0. The average Bonchev–Trinajstić information content (AvgIpc) is 2.46. The maximum Gasteiger partial charge on any atom is 0.264 e. The van der Waals surface area contributed by atoms with Gasteiger partial charge >= 0.3 is 0 Å². The molecule has 7 nitrogen and oxygen atoms in total. The van der Waals surface area contributed by atoms with E-state index in [2.05, 4.69) is 4.90 Å². The lowest BCUT2D eigenvalue weighted by molar-refractivity contribution is 0.211. The molecule has 0 radical (unpaired) electrons. The van der Waals surface area contributed by atoms with Crippen LogP contribution in [0.2, 0.25) is 0 Å². The molecule has 0 atom stereocenters. The van der Waals surface area contributed by atoms with E-state index in [4.69, 9.17) is 8.37 Å². The Bertz CT molecular complexity index is 633. The molecule has 0 unspecified atom stereocenters. The van der Waals surface area contributed by atoms with Gasteiger partial charge in [-0.1, -0.05) is 30.3 Å². The Balaban J connectivity index is 2.46. The summed E-state index contributed by atoms with van der Waals surface area (Å²) in [6, 6.07) is 9.86. The number of hydrogen-bond acceptors (Lipinski definition) is 7. The minimum absolute atomic E-state index is 0.129. The summed E-state index contributed by atoms with van der Waals surface area (Å²) in [7, 11) is -6.85. The van der Waals surface area contributed by atoms with Crippen LogP contribution in [0.15, 0.2) is 30.3 Å². The summed E-state index contributed by atoms with van der Waals surface area (Å²) >= 11 is 0. The summed E-state index contributed by atoms with van der Waals surface area (Å²) in [5.41, 5.74) is 1.13. The van der Waals surface area contributed by atoms with Gasteiger partial charge in [0.25, 0.3) is 20.2 Å². The van der Waals surface area contributed by atoms with Gasteiger partial charge in [-0.2, -0.15) is 16.8 Å². The van der Waals surface area contributed by atoms with Crippen LogP contribution >= 0.6 is 0 Å². The zero-order valence-corrected chi connectivity index (χ0v) is 15.7. The van der Waals surface area contributed by atoms with Gasteiger partial charge in [0.15, 0.2) is 0 Å². The van der Waals surface area contributed by atoms with Crippen LogP contribution in [0.25, 0.3) is 0 Å². The number of benzene rings is 1. The first-order valence-corrected chi connectivity index (χ1v) is 11.2. The van der Waals surface area contributed by atoms with Crippen molar-refractivity contribution >= 4 is 20.2 Å². The highest BCUT2D eigenvalue weighted by atomic mass is 32.2. The molecule has 24 heavy (non-hydrogen) atoms. The van der Waals surface area contributed by atoms with Crippen LogP contribution in [0.1, 0.15) is 18.4 Å². The number of hydrogen-bond donors (Lipinski definition) is 0. The first kappa shape index (κ1) is 21.0. The summed E-state index contributed by atoms with van der Waals surface area (Å²) in [5, 5.41) is 0. The van der Waals surface area contributed by atoms with Crippen molar-refractivity contribution in [2.24, 2.45) is 0 Å². The van der Waals surface area contributed by atoms with Crippen molar-refractivity contribution in [2.75, 3.05) is 38.8 Å². The summed E-state index contributed by atoms with van der Waals surface area (Å²) in [6.07, 6.45) is 3.17. The fraction of sp³-hybridized carbons (Fsp3) is 0.600. The Morgan fingerprint density at radius 2 is 1.29 bits per heavy atom. The van der Waals surface area contributed by atoms with Gasteiger partial charge in [0, 0.05) is 19.6 Å². The molecule has 1 rings (SSSR count). The summed E-state index contributed by atoms with van der Waals surface area (Å²) in [6.45, 7) is 2.24. The van der Waals surface area contributed by atoms with Crippen molar-refractivity contribution in [3.63, 3.8) is 0 Å². The van der Waals surface area contributed by atoms with Gasteiger partial charge in [0.05, 0.1) is 25.7 Å². The number of nitrogens with zero attached hydrogens (tertiary/aromatic N) is 1. The predicted octanol–water partition coefficient (Wildman–Crippen LogP) is 1.22. The third kappa shape index (κ3) is 11.5. The molecule has 1 aromatic carbocycles. The minimum atomic E-state index is -3.42. The van der Waals surface area contributed by atoms with Crippen molar-refractivity contribution in [2.45, 2.75) is 19.4 Å². The van der Waals surface area contributed by atoms with E-state index in [1.165, 1.54) is 0 Å². The Morgan fingerprint density at radius 1 is 0.833 bits per heavy atom. The molecule has 0 aromatic heterocycles. The average molecular weight is 380 g/mol. The molecular formula is C15H25NO6S2. The highest BCUT2D eigenvalue weighted by Crippen LogP contribution is 2.07. The van der Waals surface area contributed by atoms with Crippen molar-refractivity contribution in [3.8, 4) is 0 Å². The van der Waals surface area contributed by atoms with Gasteiger partial charge in [-0.25, -0.2) is 0 Å². The predicted molar refractivity (Wildman–Crippen MR) is 92.5 cm³/mol. The lowest BCUT2D eigenvalue weighted by atomic mass is 10.2. The largest absolute Gasteiger partial charge is 0.299 e. The van der Waals surface area contributed by atoms with E-state index >= 15 is 0 Å². The maximum absolute atomic E-state index is 11.0. The zero-order chi connectivity index (χ0) is 18.1. The molecule has 138 valence electrons. The molecule has 0 amide bonds. The van der Waals surface area contributed by atoms with E-state index in [-0.39, 0.29) is 13.2 Å². The van der Waals surface area contributed by atoms with E-state index < -0.39 is 20.2 Å². The highest BCUT2D eigenvalue weighted by molar-refractivity contribution is 7.86. The van der Waals surface area contributed by atoms with Gasteiger partial charge in [-0.15, -0.1) is 0 Å². The summed E-state index contributed by atoms with van der Waals surface area (Å²) in [4.78, 5) is 2.12. The monoisotopic (exact) mass is 379 g/mol. The Kier molecular flexibility index (Phi) is 8.85. The molecule has 0 spiro atoms. The van der Waals surface area contributed by atoms with Gasteiger partial charge in [0.1, 0.15) is 0 Å². The lowest BCUT2D eigenvalue weighted by Gasteiger charge is -2.22. The normalized spacial score (nSPS) is 12.6. The Hall–Kier alpha value is -1.00. The fourth-order valence-corrected chi connectivity index (χ4v) is 2.95. The fourth-order valence-electron chi connectivity index (χ4n) is 2.11. The van der Waals surface area contributed by atoms with Crippen molar-refractivity contribution in [1.29, 1.82) is 0 Å². The standard InChI is InChI=1S/C15H25NO6S2/c1-23(17,18)21-12-6-10-16(11-7-13-22-24(2,19)20)14-15-8-4-3-5-9-15/h3-5,8-9H,6-7,10-14H2,1-2H3. The van der Waals surface area contributed by atoms with E-state index in [1.807, 2.05) is 30.3 Å². The summed E-state index contributed by atoms with van der Waals surface area (Å²) < 4.78 is 53.3. The van der Waals surface area contributed by atoms with Crippen LogP contribution in [-0.2, 0) is 35.1 Å².